The zero-order chi connectivity index (χ0) is 20.5. The molecule has 4 atom stereocenters. The van der Waals surface area contributed by atoms with Crippen molar-refractivity contribution in [3.05, 3.63) is 23.8 Å². The highest BCUT2D eigenvalue weighted by molar-refractivity contribution is 6.44. The molecule has 154 valence electrons. The summed E-state index contributed by atoms with van der Waals surface area (Å²) in [5.74, 6) is -2.04. The number of rotatable bonds is 6. The Hall–Kier alpha value is -1.63. The molecule has 0 spiro atoms. The van der Waals surface area contributed by atoms with Gasteiger partial charge in [0.05, 0.1) is 12.0 Å². The summed E-state index contributed by atoms with van der Waals surface area (Å²) < 4.78 is 6.26. The lowest BCUT2D eigenvalue weighted by Crippen LogP contribution is -2.58. The quantitative estimate of drug-likeness (QED) is 0.698. The number of nitrogens with zero attached hydrogens (tertiary/aromatic N) is 1. The minimum absolute atomic E-state index is 0.269. The van der Waals surface area contributed by atoms with Crippen LogP contribution in [0.5, 0.6) is 0 Å². The van der Waals surface area contributed by atoms with Gasteiger partial charge in [0, 0.05) is 13.1 Å². The predicted molar refractivity (Wildman–Crippen MR) is 105 cm³/mol. The average Bonchev–Trinajstić information content (AvgIpc) is 3.49. The summed E-state index contributed by atoms with van der Waals surface area (Å²) in [5, 5.41) is 10.5. The SMILES string of the molecule is CC=C1C=CC(=O)C(=O)C1C1(CCN(C)CC2CC2)OC(C)CCC(O)C1=O. The zero-order valence-electron chi connectivity index (χ0n) is 17.0. The molecule has 0 bridgehead atoms. The van der Waals surface area contributed by atoms with E-state index in [1.807, 2.05) is 14.0 Å². The topological polar surface area (TPSA) is 83.9 Å². The van der Waals surface area contributed by atoms with E-state index in [0.717, 1.165) is 6.54 Å². The van der Waals surface area contributed by atoms with Gasteiger partial charge in [-0.15, -0.1) is 0 Å². The molecule has 6 nitrogen and oxygen atoms in total. The molecular weight excluding hydrogens is 358 g/mol. The maximum absolute atomic E-state index is 13.4. The number of carbonyl (C=O) groups is 3. The second-order valence-electron chi connectivity index (χ2n) is 8.51. The third-order valence-electron chi connectivity index (χ3n) is 6.17. The molecular formula is C22H31NO5. The van der Waals surface area contributed by atoms with Crippen LogP contribution in [0.2, 0.25) is 0 Å². The molecule has 1 N–H and O–H groups in total. The number of carbonyl (C=O) groups excluding carboxylic acids is 3. The first-order valence-electron chi connectivity index (χ1n) is 10.3. The van der Waals surface area contributed by atoms with Gasteiger partial charge in [-0.3, -0.25) is 14.4 Å². The predicted octanol–water partition coefficient (Wildman–Crippen LogP) is 1.86. The molecule has 2 aliphatic carbocycles. The van der Waals surface area contributed by atoms with Crippen LogP contribution in [-0.4, -0.2) is 65.3 Å². The first kappa shape index (κ1) is 21.1. The standard InChI is InChI=1S/C22H31NO5/c1-4-16-8-10-17(24)20(26)19(16)22(11-12-23(3)13-15-6-7-15)21(27)18(25)9-5-14(2)28-22/h4,8,10,14-15,18-19,25H,5-7,9,11-13H2,1-3H3. The highest BCUT2D eigenvalue weighted by Gasteiger charge is 2.56. The third-order valence-corrected chi connectivity index (χ3v) is 6.17. The Balaban J connectivity index is 1.99. The van der Waals surface area contributed by atoms with E-state index in [2.05, 4.69) is 4.90 Å². The van der Waals surface area contributed by atoms with E-state index in [1.54, 1.807) is 19.1 Å². The number of Topliss-reactive ketones (excluding diaryl/α,β-unsaturated/α-hetero) is 2. The van der Waals surface area contributed by atoms with Crippen molar-refractivity contribution >= 4 is 17.3 Å². The van der Waals surface area contributed by atoms with Crippen LogP contribution in [0.1, 0.15) is 46.0 Å². The van der Waals surface area contributed by atoms with Gasteiger partial charge in [0.15, 0.2) is 5.78 Å². The van der Waals surface area contributed by atoms with Gasteiger partial charge in [-0.05, 0) is 70.6 Å². The lowest BCUT2D eigenvalue weighted by Gasteiger charge is -2.41. The van der Waals surface area contributed by atoms with Crippen LogP contribution in [0, 0.1) is 11.8 Å². The molecule has 0 aromatic rings. The summed E-state index contributed by atoms with van der Waals surface area (Å²) in [5.41, 5.74) is -0.920. The van der Waals surface area contributed by atoms with E-state index < -0.39 is 35.0 Å². The fraction of sp³-hybridized carbons (Fsp3) is 0.682. The fourth-order valence-electron chi connectivity index (χ4n) is 4.40. The number of hydrogen-bond acceptors (Lipinski definition) is 6. The van der Waals surface area contributed by atoms with Gasteiger partial charge >= 0.3 is 0 Å². The van der Waals surface area contributed by atoms with Crippen molar-refractivity contribution in [1.82, 2.24) is 4.90 Å². The van der Waals surface area contributed by atoms with E-state index in [0.29, 0.717) is 30.9 Å². The summed E-state index contributed by atoms with van der Waals surface area (Å²) in [6.45, 7) is 5.13. The Morgan fingerprint density at radius 1 is 1.21 bits per heavy atom. The fourth-order valence-corrected chi connectivity index (χ4v) is 4.40. The van der Waals surface area contributed by atoms with Gasteiger partial charge in [-0.25, -0.2) is 0 Å². The van der Waals surface area contributed by atoms with Crippen molar-refractivity contribution in [3.63, 3.8) is 0 Å². The van der Waals surface area contributed by atoms with Crippen molar-refractivity contribution in [3.8, 4) is 0 Å². The first-order valence-corrected chi connectivity index (χ1v) is 10.3. The monoisotopic (exact) mass is 389 g/mol. The summed E-state index contributed by atoms with van der Waals surface area (Å²) >= 11 is 0. The van der Waals surface area contributed by atoms with Crippen LogP contribution >= 0.6 is 0 Å². The number of hydrogen-bond donors (Lipinski definition) is 1. The Labute approximate surface area is 166 Å². The largest absolute Gasteiger partial charge is 0.385 e. The Morgan fingerprint density at radius 2 is 1.93 bits per heavy atom. The molecule has 1 saturated heterocycles. The molecule has 2 fully saturated rings. The minimum Gasteiger partial charge on any atom is -0.385 e. The first-order chi connectivity index (χ1) is 13.3. The summed E-state index contributed by atoms with van der Waals surface area (Å²) in [4.78, 5) is 40.6. The van der Waals surface area contributed by atoms with Crippen LogP contribution in [0.25, 0.3) is 0 Å². The molecule has 4 unspecified atom stereocenters. The molecule has 3 rings (SSSR count). The Bertz CT molecular complexity index is 708. The smallest absolute Gasteiger partial charge is 0.222 e. The normalized spacial score (nSPS) is 35.7. The van der Waals surface area contributed by atoms with Crippen LogP contribution in [0.4, 0.5) is 0 Å². The number of aliphatic hydroxyl groups is 1. The van der Waals surface area contributed by atoms with Crippen molar-refractivity contribution in [2.24, 2.45) is 11.8 Å². The number of allylic oxidation sites excluding steroid dienone is 3. The molecule has 0 aromatic carbocycles. The molecule has 6 heteroatoms. The van der Waals surface area contributed by atoms with Crippen molar-refractivity contribution in [2.75, 3.05) is 20.1 Å². The highest BCUT2D eigenvalue weighted by Crippen LogP contribution is 2.41. The molecule has 0 amide bonds. The summed E-state index contributed by atoms with van der Waals surface area (Å²) in [6.07, 6.45) is 6.67. The second-order valence-corrected chi connectivity index (χ2v) is 8.51. The lowest BCUT2D eigenvalue weighted by molar-refractivity contribution is -0.170. The van der Waals surface area contributed by atoms with Crippen molar-refractivity contribution in [1.29, 1.82) is 0 Å². The van der Waals surface area contributed by atoms with Gasteiger partial charge < -0.3 is 14.7 Å². The third kappa shape index (κ3) is 4.19. The van der Waals surface area contributed by atoms with Crippen LogP contribution in [0.15, 0.2) is 23.8 Å². The van der Waals surface area contributed by atoms with E-state index >= 15 is 0 Å². The number of aliphatic hydroxyl groups excluding tert-OH is 1. The van der Waals surface area contributed by atoms with Crippen molar-refractivity contribution in [2.45, 2.75) is 63.8 Å². The maximum atomic E-state index is 13.4. The summed E-state index contributed by atoms with van der Waals surface area (Å²) in [6, 6.07) is 0. The van der Waals surface area contributed by atoms with E-state index in [1.165, 1.54) is 18.9 Å². The minimum atomic E-state index is -1.52. The van der Waals surface area contributed by atoms with E-state index in [9.17, 15) is 19.5 Å². The molecule has 3 aliphatic rings. The number of ketones is 3. The molecule has 0 aromatic heterocycles. The molecule has 1 saturated carbocycles. The second kappa shape index (κ2) is 8.39. The maximum Gasteiger partial charge on any atom is 0.222 e. The van der Waals surface area contributed by atoms with E-state index in [4.69, 9.17) is 4.74 Å². The molecule has 0 radical (unpaired) electrons. The Kier molecular flexibility index (Phi) is 6.32. The van der Waals surface area contributed by atoms with Gasteiger partial charge in [0.2, 0.25) is 11.6 Å². The average molecular weight is 389 g/mol. The van der Waals surface area contributed by atoms with Crippen molar-refractivity contribution < 1.29 is 24.2 Å². The van der Waals surface area contributed by atoms with E-state index in [-0.39, 0.29) is 12.5 Å². The Morgan fingerprint density at radius 3 is 2.57 bits per heavy atom. The van der Waals surface area contributed by atoms with Crippen LogP contribution in [-0.2, 0) is 19.1 Å². The molecule has 1 aliphatic heterocycles. The van der Waals surface area contributed by atoms with Crippen LogP contribution in [0.3, 0.4) is 0 Å². The van der Waals surface area contributed by atoms with Gasteiger partial charge in [-0.2, -0.15) is 0 Å². The molecule has 28 heavy (non-hydrogen) atoms. The van der Waals surface area contributed by atoms with Gasteiger partial charge in [0.1, 0.15) is 11.7 Å². The molecule has 1 heterocycles. The van der Waals surface area contributed by atoms with Crippen LogP contribution < -0.4 is 0 Å². The zero-order valence-corrected chi connectivity index (χ0v) is 17.0. The van der Waals surface area contributed by atoms with Gasteiger partial charge in [0.25, 0.3) is 0 Å². The van der Waals surface area contributed by atoms with Gasteiger partial charge in [-0.1, -0.05) is 12.2 Å². The summed E-state index contributed by atoms with van der Waals surface area (Å²) in [7, 11) is 2.00. The number of ether oxygens (including phenoxy) is 1. The highest BCUT2D eigenvalue weighted by atomic mass is 16.5. The lowest BCUT2D eigenvalue weighted by atomic mass is 9.70.